The SMILES string of the molecule is O=C(NCc1ccc(F)c(F)c1)C1CCc2cnc(NCC(F)(F)c3cccc[n+]3[O-])c(=O)n21. The first kappa shape index (κ1) is 23.2. The van der Waals surface area contributed by atoms with Crippen molar-refractivity contribution in [3.05, 3.63) is 92.9 Å². The molecule has 1 unspecified atom stereocenters. The summed E-state index contributed by atoms with van der Waals surface area (Å²) in [4.78, 5) is 29.5. The first-order chi connectivity index (χ1) is 16.2. The Kier molecular flexibility index (Phi) is 6.22. The molecule has 4 rings (SSSR count). The van der Waals surface area contributed by atoms with Crippen LogP contribution < -0.4 is 20.9 Å². The second-order valence-electron chi connectivity index (χ2n) is 7.76. The van der Waals surface area contributed by atoms with E-state index < -0.39 is 53.1 Å². The number of aryl methyl sites for hydroxylation is 1. The number of pyridine rings is 1. The van der Waals surface area contributed by atoms with Crippen molar-refractivity contribution in [1.82, 2.24) is 14.9 Å². The number of alkyl halides is 2. The molecule has 2 N–H and O–H groups in total. The molecular weight excluding hydrogens is 458 g/mol. The van der Waals surface area contributed by atoms with Gasteiger partial charge in [0.25, 0.3) is 11.3 Å². The molecule has 2 aromatic heterocycles. The van der Waals surface area contributed by atoms with E-state index in [9.17, 15) is 32.4 Å². The van der Waals surface area contributed by atoms with Crippen molar-refractivity contribution in [3.63, 3.8) is 0 Å². The Bertz CT molecular complexity index is 1300. The third-order valence-corrected chi connectivity index (χ3v) is 5.49. The molecule has 1 aliphatic rings. The van der Waals surface area contributed by atoms with Crippen molar-refractivity contribution in [1.29, 1.82) is 0 Å². The lowest BCUT2D eigenvalue weighted by Crippen LogP contribution is -2.42. The van der Waals surface area contributed by atoms with Gasteiger partial charge in [-0.25, -0.2) is 13.8 Å². The molecule has 178 valence electrons. The van der Waals surface area contributed by atoms with Crippen LogP contribution in [0.3, 0.4) is 0 Å². The minimum absolute atomic E-state index is 0.0397. The molecule has 34 heavy (non-hydrogen) atoms. The number of rotatable bonds is 7. The van der Waals surface area contributed by atoms with Gasteiger partial charge in [-0.05, 0) is 36.6 Å². The highest BCUT2D eigenvalue weighted by Crippen LogP contribution is 2.26. The van der Waals surface area contributed by atoms with Crippen molar-refractivity contribution in [3.8, 4) is 0 Å². The Labute approximate surface area is 190 Å². The Hall–Kier alpha value is -3.96. The lowest BCUT2D eigenvalue weighted by atomic mass is 10.1. The van der Waals surface area contributed by atoms with Gasteiger partial charge in [-0.2, -0.15) is 13.5 Å². The van der Waals surface area contributed by atoms with Crippen LogP contribution in [0.2, 0.25) is 0 Å². The third kappa shape index (κ3) is 4.56. The van der Waals surface area contributed by atoms with Crippen molar-refractivity contribution in [2.24, 2.45) is 0 Å². The van der Waals surface area contributed by atoms with Crippen LogP contribution in [0.25, 0.3) is 0 Å². The molecule has 0 saturated carbocycles. The summed E-state index contributed by atoms with van der Waals surface area (Å²) in [6.45, 7) is -1.15. The summed E-state index contributed by atoms with van der Waals surface area (Å²) in [6.07, 6.45) is 2.90. The maximum Gasteiger partial charge on any atom is 0.347 e. The number of nitrogens with one attached hydrogen (secondary N) is 2. The molecule has 0 radical (unpaired) electrons. The van der Waals surface area contributed by atoms with Gasteiger partial charge in [0.05, 0.1) is 6.54 Å². The Morgan fingerprint density at radius 1 is 1.24 bits per heavy atom. The van der Waals surface area contributed by atoms with Gasteiger partial charge in [-0.3, -0.25) is 14.2 Å². The van der Waals surface area contributed by atoms with E-state index in [1.54, 1.807) is 0 Å². The van der Waals surface area contributed by atoms with Gasteiger partial charge in [0.1, 0.15) is 6.04 Å². The van der Waals surface area contributed by atoms with Crippen molar-refractivity contribution in [2.75, 3.05) is 11.9 Å². The van der Waals surface area contributed by atoms with Crippen LogP contribution >= 0.6 is 0 Å². The van der Waals surface area contributed by atoms with Crippen LogP contribution in [0.1, 0.15) is 29.4 Å². The average molecular weight is 477 g/mol. The normalized spacial score (nSPS) is 15.1. The summed E-state index contributed by atoms with van der Waals surface area (Å²) in [5.74, 6) is -6.59. The Morgan fingerprint density at radius 2 is 2.03 bits per heavy atom. The highest BCUT2D eigenvalue weighted by Gasteiger charge is 2.40. The maximum absolute atomic E-state index is 14.5. The first-order valence-electron chi connectivity index (χ1n) is 10.3. The number of nitrogens with zero attached hydrogens (tertiary/aromatic N) is 3. The van der Waals surface area contributed by atoms with E-state index in [4.69, 9.17) is 0 Å². The number of hydrogen-bond acceptors (Lipinski definition) is 5. The average Bonchev–Trinajstić information content (AvgIpc) is 3.24. The number of amides is 1. The van der Waals surface area contributed by atoms with E-state index in [0.29, 0.717) is 17.7 Å². The molecular formula is C22H19F4N5O3. The fourth-order valence-corrected chi connectivity index (χ4v) is 3.76. The van der Waals surface area contributed by atoms with Gasteiger partial charge < -0.3 is 15.8 Å². The topological polar surface area (TPSA) is 103 Å². The summed E-state index contributed by atoms with van der Waals surface area (Å²) < 4.78 is 56.6. The van der Waals surface area contributed by atoms with Crippen LogP contribution in [0.5, 0.6) is 0 Å². The smallest absolute Gasteiger partial charge is 0.347 e. The molecule has 3 aromatic rings. The number of halogens is 4. The number of anilines is 1. The summed E-state index contributed by atoms with van der Waals surface area (Å²) in [5, 5.41) is 16.5. The second kappa shape index (κ2) is 9.12. The predicted octanol–water partition coefficient (Wildman–Crippen LogP) is 2.16. The summed E-state index contributed by atoms with van der Waals surface area (Å²) in [5.41, 5.74) is -0.774. The molecule has 0 bridgehead atoms. The lowest BCUT2D eigenvalue weighted by Gasteiger charge is -2.18. The molecule has 1 atom stereocenters. The molecule has 0 spiro atoms. The quantitative estimate of drug-likeness (QED) is 0.309. The molecule has 0 aliphatic carbocycles. The minimum atomic E-state index is -3.60. The number of carbonyl (C=O) groups excluding carboxylic acids is 1. The van der Waals surface area contributed by atoms with E-state index in [1.807, 2.05) is 0 Å². The second-order valence-corrected chi connectivity index (χ2v) is 7.76. The zero-order valence-corrected chi connectivity index (χ0v) is 17.6. The van der Waals surface area contributed by atoms with E-state index >= 15 is 0 Å². The van der Waals surface area contributed by atoms with E-state index in [0.717, 1.165) is 24.4 Å². The zero-order valence-electron chi connectivity index (χ0n) is 17.6. The van der Waals surface area contributed by atoms with Crippen molar-refractivity contribution in [2.45, 2.75) is 31.4 Å². The number of fused-ring (bicyclic) bond motifs is 1. The monoisotopic (exact) mass is 477 g/mol. The fourth-order valence-electron chi connectivity index (χ4n) is 3.76. The molecule has 3 heterocycles. The first-order valence-corrected chi connectivity index (χ1v) is 10.3. The van der Waals surface area contributed by atoms with Crippen molar-refractivity contribution >= 4 is 11.7 Å². The number of benzene rings is 1. The van der Waals surface area contributed by atoms with Crippen LogP contribution in [0.4, 0.5) is 23.4 Å². The molecule has 12 heteroatoms. The molecule has 0 fully saturated rings. The van der Waals surface area contributed by atoms with Gasteiger partial charge in [0, 0.05) is 30.6 Å². The van der Waals surface area contributed by atoms with Crippen LogP contribution in [-0.2, 0) is 23.7 Å². The van der Waals surface area contributed by atoms with E-state index in [1.165, 1.54) is 29.0 Å². The molecule has 0 saturated heterocycles. The summed E-state index contributed by atoms with van der Waals surface area (Å²) >= 11 is 0. The molecule has 8 nitrogen and oxygen atoms in total. The molecule has 1 amide bonds. The number of carbonyl (C=O) groups is 1. The van der Waals surface area contributed by atoms with Gasteiger partial charge >= 0.3 is 5.92 Å². The highest BCUT2D eigenvalue weighted by molar-refractivity contribution is 5.81. The largest absolute Gasteiger partial charge is 0.618 e. The van der Waals surface area contributed by atoms with Gasteiger partial charge in [0.15, 0.2) is 23.6 Å². The Balaban J connectivity index is 1.48. The maximum atomic E-state index is 14.5. The highest BCUT2D eigenvalue weighted by atomic mass is 19.3. The van der Waals surface area contributed by atoms with E-state index in [-0.39, 0.29) is 17.7 Å². The molecule has 1 aliphatic heterocycles. The zero-order chi connectivity index (χ0) is 24.5. The predicted molar refractivity (Wildman–Crippen MR) is 112 cm³/mol. The minimum Gasteiger partial charge on any atom is -0.618 e. The van der Waals surface area contributed by atoms with Gasteiger partial charge in [-0.15, -0.1) is 0 Å². The van der Waals surface area contributed by atoms with Crippen LogP contribution in [-0.4, -0.2) is 22.0 Å². The standard InChI is InChI=1S/C22H19F4N5O3/c23-15-6-4-13(9-16(15)24)10-28-20(32)17-7-5-14-11-27-19(21(33)31(14)17)29-12-22(25,26)18-3-1-2-8-30(18)34/h1-4,6,8-9,11,17H,5,7,10,12H2,(H,27,29)(H,28,32). The van der Waals surface area contributed by atoms with Crippen LogP contribution in [0.15, 0.2) is 53.6 Å². The lowest BCUT2D eigenvalue weighted by molar-refractivity contribution is -0.624. The van der Waals surface area contributed by atoms with Crippen molar-refractivity contribution < 1.29 is 27.1 Å². The van der Waals surface area contributed by atoms with Gasteiger partial charge in [0.2, 0.25) is 5.91 Å². The molecule has 1 aromatic carbocycles. The van der Waals surface area contributed by atoms with Gasteiger partial charge in [-0.1, -0.05) is 6.07 Å². The number of hydrogen-bond donors (Lipinski definition) is 2. The third-order valence-electron chi connectivity index (χ3n) is 5.49. The summed E-state index contributed by atoms with van der Waals surface area (Å²) in [6, 6.07) is 5.87. The number of aromatic nitrogens is 3. The summed E-state index contributed by atoms with van der Waals surface area (Å²) in [7, 11) is 0. The Morgan fingerprint density at radius 3 is 2.76 bits per heavy atom. The van der Waals surface area contributed by atoms with E-state index in [2.05, 4.69) is 15.6 Å². The fraction of sp³-hybridized carbons (Fsp3) is 0.273. The van der Waals surface area contributed by atoms with Crippen LogP contribution in [0, 0.1) is 16.8 Å².